The van der Waals surface area contributed by atoms with Gasteiger partial charge >= 0.3 is 0 Å². The van der Waals surface area contributed by atoms with Crippen LogP contribution in [-0.2, 0) is 0 Å². The van der Waals surface area contributed by atoms with Crippen LogP contribution in [0.4, 0.5) is 5.82 Å². The van der Waals surface area contributed by atoms with Gasteiger partial charge in [0.1, 0.15) is 5.82 Å². The van der Waals surface area contributed by atoms with Crippen LogP contribution in [-0.4, -0.2) is 35.1 Å². The van der Waals surface area contributed by atoms with Crippen molar-refractivity contribution in [3.05, 3.63) is 18.6 Å². The van der Waals surface area contributed by atoms with E-state index in [9.17, 15) is 0 Å². The third-order valence-corrected chi connectivity index (χ3v) is 3.69. The number of hydrogen-bond donors (Lipinski definition) is 1. The van der Waals surface area contributed by atoms with Gasteiger partial charge in [-0.15, -0.1) is 0 Å². The Morgan fingerprint density at radius 1 is 1.44 bits per heavy atom. The third kappa shape index (κ3) is 3.19. The number of nitrogens with zero attached hydrogens (tertiary/aromatic N) is 3. The van der Waals surface area contributed by atoms with Crippen LogP contribution < -0.4 is 10.2 Å². The maximum absolute atomic E-state index is 4.45. The highest BCUT2D eigenvalue weighted by molar-refractivity contribution is 5.38. The van der Waals surface area contributed by atoms with E-state index < -0.39 is 0 Å². The van der Waals surface area contributed by atoms with Crippen molar-refractivity contribution in [1.82, 2.24) is 15.3 Å². The van der Waals surface area contributed by atoms with Crippen LogP contribution in [0.2, 0.25) is 0 Å². The molecule has 2 heterocycles. The highest BCUT2D eigenvalue weighted by Crippen LogP contribution is 2.24. The van der Waals surface area contributed by atoms with Gasteiger partial charge in [-0.2, -0.15) is 0 Å². The van der Waals surface area contributed by atoms with Crippen LogP contribution in [0, 0.1) is 0 Å². The van der Waals surface area contributed by atoms with Gasteiger partial charge in [0.2, 0.25) is 0 Å². The summed E-state index contributed by atoms with van der Waals surface area (Å²) in [5.41, 5.74) is 0. The molecule has 0 amide bonds. The largest absolute Gasteiger partial charge is 0.351 e. The Morgan fingerprint density at radius 3 is 3.06 bits per heavy atom. The molecule has 0 radical (unpaired) electrons. The van der Waals surface area contributed by atoms with E-state index in [-0.39, 0.29) is 0 Å². The number of anilines is 1. The molecule has 4 nitrogen and oxygen atoms in total. The Hall–Kier alpha value is -1.16. The molecule has 0 aliphatic carbocycles. The lowest BCUT2D eigenvalue weighted by atomic mass is 9.96. The Bertz CT molecular complexity index is 341. The zero-order chi connectivity index (χ0) is 12.8. The summed E-state index contributed by atoms with van der Waals surface area (Å²) in [5, 5.41) is 3.61. The summed E-state index contributed by atoms with van der Waals surface area (Å²) in [7, 11) is 0. The maximum Gasteiger partial charge on any atom is 0.147 e. The van der Waals surface area contributed by atoms with Crippen molar-refractivity contribution in [3.63, 3.8) is 0 Å². The molecule has 1 saturated heterocycles. The first-order valence-corrected chi connectivity index (χ1v) is 7.09. The minimum Gasteiger partial charge on any atom is -0.351 e. The van der Waals surface area contributed by atoms with Gasteiger partial charge in [0, 0.05) is 31.0 Å². The molecule has 0 aromatic carbocycles. The average Bonchev–Trinajstić information content (AvgIpc) is 2.45. The molecular formula is C14H24N4. The molecule has 2 unspecified atom stereocenters. The highest BCUT2D eigenvalue weighted by atomic mass is 15.2. The summed E-state index contributed by atoms with van der Waals surface area (Å²) in [6.45, 7) is 6.68. The first-order valence-electron chi connectivity index (χ1n) is 7.09. The lowest BCUT2D eigenvalue weighted by Gasteiger charge is -2.40. The van der Waals surface area contributed by atoms with Gasteiger partial charge in [-0.1, -0.05) is 6.92 Å². The molecule has 1 aromatic rings. The number of piperidine rings is 1. The quantitative estimate of drug-likeness (QED) is 0.867. The first-order chi connectivity index (χ1) is 8.83. The standard InChI is InChI=1S/C14H24N4/c1-3-7-16-12(2)13-6-4-5-10-18(13)14-11-15-8-9-17-14/h8-9,11-13,16H,3-7,10H2,1-2H3. The molecule has 4 heteroatoms. The van der Waals surface area contributed by atoms with Crippen LogP contribution >= 0.6 is 0 Å². The van der Waals surface area contributed by atoms with Gasteiger partial charge in [-0.3, -0.25) is 4.98 Å². The molecule has 100 valence electrons. The summed E-state index contributed by atoms with van der Waals surface area (Å²) in [4.78, 5) is 11.1. The monoisotopic (exact) mass is 248 g/mol. The Balaban J connectivity index is 2.06. The molecule has 2 rings (SSSR count). The molecule has 0 saturated carbocycles. The Morgan fingerprint density at radius 2 is 2.33 bits per heavy atom. The molecule has 1 aromatic heterocycles. The number of rotatable bonds is 5. The fraction of sp³-hybridized carbons (Fsp3) is 0.714. The number of aromatic nitrogens is 2. The molecule has 2 atom stereocenters. The van der Waals surface area contributed by atoms with E-state index in [2.05, 4.69) is 34.0 Å². The van der Waals surface area contributed by atoms with E-state index in [1.165, 1.54) is 25.7 Å². The summed E-state index contributed by atoms with van der Waals surface area (Å²) >= 11 is 0. The van der Waals surface area contributed by atoms with Crippen molar-refractivity contribution < 1.29 is 0 Å². The van der Waals surface area contributed by atoms with Gasteiger partial charge in [0.05, 0.1) is 6.20 Å². The molecule has 0 bridgehead atoms. The van der Waals surface area contributed by atoms with Crippen molar-refractivity contribution in [2.24, 2.45) is 0 Å². The molecule has 0 spiro atoms. The smallest absolute Gasteiger partial charge is 0.147 e. The Kier molecular flexibility index (Phi) is 4.93. The minimum atomic E-state index is 0.507. The molecule has 1 fully saturated rings. The van der Waals surface area contributed by atoms with E-state index in [0.29, 0.717) is 12.1 Å². The van der Waals surface area contributed by atoms with Crippen LogP contribution in [0.5, 0.6) is 0 Å². The lowest BCUT2D eigenvalue weighted by molar-refractivity contribution is 0.366. The molecule has 1 N–H and O–H groups in total. The van der Waals surface area contributed by atoms with Gasteiger partial charge in [0.15, 0.2) is 0 Å². The lowest BCUT2D eigenvalue weighted by Crippen LogP contribution is -2.51. The van der Waals surface area contributed by atoms with Gasteiger partial charge < -0.3 is 10.2 Å². The molecular weight excluding hydrogens is 224 g/mol. The minimum absolute atomic E-state index is 0.507. The van der Waals surface area contributed by atoms with Crippen molar-refractivity contribution in [1.29, 1.82) is 0 Å². The highest BCUT2D eigenvalue weighted by Gasteiger charge is 2.27. The zero-order valence-corrected chi connectivity index (χ0v) is 11.5. The summed E-state index contributed by atoms with van der Waals surface area (Å²) in [6.07, 6.45) is 10.4. The van der Waals surface area contributed by atoms with E-state index in [1.54, 1.807) is 12.4 Å². The van der Waals surface area contributed by atoms with E-state index in [1.807, 2.05) is 6.20 Å². The van der Waals surface area contributed by atoms with E-state index in [0.717, 1.165) is 18.9 Å². The SMILES string of the molecule is CCCNC(C)C1CCCCN1c1cnccn1. The van der Waals surface area contributed by atoms with E-state index >= 15 is 0 Å². The predicted octanol–water partition coefficient (Wildman–Crippen LogP) is 2.22. The molecule has 1 aliphatic heterocycles. The summed E-state index contributed by atoms with van der Waals surface area (Å²) < 4.78 is 0. The van der Waals surface area contributed by atoms with Crippen molar-refractivity contribution in [3.8, 4) is 0 Å². The second-order valence-electron chi connectivity index (χ2n) is 5.06. The zero-order valence-electron chi connectivity index (χ0n) is 11.5. The second kappa shape index (κ2) is 6.69. The van der Waals surface area contributed by atoms with Gasteiger partial charge in [-0.05, 0) is 39.2 Å². The van der Waals surface area contributed by atoms with Crippen LogP contribution in [0.25, 0.3) is 0 Å². The van der Waals surface area contributed by atoms with Crippen molar-refractivity contribution >= 4 is 5.82 Å². The van der Waals surface area contributed by atoms with Crippen LogP contribution in [0.3, 0.4) is 0 Å². The Labute approximate surface area is 110 Å². The molecule has 18 heavy (non-hydrogen) atoms. The number of nitrogens with one attached hydrogen (secondary N) is 1. The fourth-order valence-corrected chi connectivity index (χ4v) is 2.71. The maximum atomic E-state index is 4.45. The summed E-state index contributed by atoms with van der Waals surface area (Å²) in [5.74, 6) is 1.02. The van der Waals surface area contributed by atoms with Gasteiger partial charge in [0.25, 0.3) is 0 Å². The van der Waals surface area contributed by atoms with Crippen LogP contribution in [0.15, 0.2) is 18.6 Å². The fourth-order valence-electron chi connectivity index (χ4n) is 2.71. The van der Waals surface area contributed by atoms with Crippen molar-refractivity contribution in [2.75, 3.05) is 18.0 Å². The third-order valence-electron chi connectivity index (χ3n) is 3.69. The first kappa shape index (κ1) is 13.3. The normalized spacial score (nSPS) is 21.9. The number of hydrogen-bond acceptors (Lipinski definition) is 4. The molecule has 1 aliphatic rings. The van der Waals surface area contributed by atoms with Gasteiger partial charge in [-0.25, -0.2) is 4.98 Å². The predicted molar refractivity (Wildman–Crippen MR) is 74.8 cm³/mol. The van der Waals surface area contributed by atoms with Crippen LogP contribution in [0.1, 0.15) is 39.5 Å². The van der Waals surface area contributed by atoms with E-state index in [4.69, 9.17) is 0 Å². The second-order valence-corrected chi connectivity index (χ2v) is 5.06. The average molecular weight is 248 g/mol. The summed E-state index contributed by atoms with van der Waals surface area (Å²) in [6, 6.07) is 1.05. The topological polar surface area (TPSA) is 41.0 Å². The van der Waals surface area contributed by atoms with Crippen molar-refractivity contribution in [2.45, 2.75) is 51.6 Å².